The first kappa shape index (κ1) is 16.3. The fourth-order valence-corrected chi connectivity index (χ4v) is 2.62. The quantitative estimate of drug-likeness (QED) is 0.841. The number of hydrogen-bond acceptors (Lipinski definition) is 5. The molecular formula is C16H22N2O4. The fourth-order valence-electron chi connectivity index (χ4n) is 2.62. The Labute approximate surface area is 130 Å². The van der Waals surface area contributed by atoms with Gasteiger partial charge in [-0.2, -0.15) is 0 Å². The van der Waals surface area contributed by atoms with Crippen LogP contribution in [0.3, 0.4) is 0 Å². The smallest absolute Gasteiger partial charge is 0.340 e. The molecule has 120 valence electrons. The van der Waals surface area contributed by atoms with Gasteiger partial charge in [0.25, 0.3) is 5.91 Å². The van der Waals surface area contributed by atoms with Crippen LogP contribution in [-0.2, 0) is 9.53 Å². The van der Waals surface area contributed by atoms with Gasteiger partial charge in [-0.05, 0) is 24.8 Å². The second-order valence-corrected chi connectivity index (χ2v) is 5.60. The van der Waals surface area contributed by atoms with E-state index in [1.54, 1.807) is 12.1 Å². The number of carbonyl (C=O) groups excluding carboxylic acids is 2. The van der Waals surface area contributed by atoms with E-state index in [1.165, 1.54) is 19.7 Å². The predicted molar refractivity (Wildman–Crippen MR) is 80.6 cm³/mol. The number of amides is 1. The molecule has 1 aliphatic carbocycles. The summed E-state index contributed by atoms with van der Waals surface area (Å²) in [5, 5.41) is 2.94. The van der Waals surface area contributed by atoms with Gasteiger partial charge < -0.3 is 14.8 Å². The van der Waals surface area contributed by atoms with E-state index in [0.29, 0.717) is 17.4 Å². The van der Waals surface area contributed by atoms with Crippen molar-refractivity contribution in [2.45, 2.75) is 38.6 Å². The number of esters is 1. The average Bonchev–Trinajstić information content (AvgIpc) is 2.55. The number of ether oxygens (including phenoxy) is 2. The van der Waals surface area contributed by atoms with E-state index in [-0.39, 0.29) is 18.6 Å². The van der Waals surface area contributed by atoms with E-state index in [4.69, 9.17) is 9.47 Å². The molecule has 2 atom stereocenters. The molecule has 1 aliphatic rings. The highest BCUT2D eigenvalue weighted by atomic mass is 16.5. The Bertz CT molecular complexity index is 515. The summed E-state index contributed by atoms with van der Waals surface area (Å²) >= 11 is 0. The van der Waals surface area contributed by atoms with Gasteiger partial charge in [-0.25, -0.2) is 9.78 Å². The zero-order chi connectivity index (χ0) is 15.9. The van der Waals surface area contributed by atoms with E-state index in [0.717, 1.165) is 19.3 Å². The van der Waals surface area contributed by atoms with Gasteiger partial charge in [0.05, 0.1) is 12.7 Å². The van der Waals surface area contributed by atoms with Crippen molar-refractivity contribution in [3.8, 4) is 5.88 Å². The van der Waals surface area contributed by atoms with E-state index in [9.17, 15) is 9.59 Å². The number of rotatable bonds is 5. The van der Waals surface area contributed by atoms with Crippen molar-refractivity contribution >= 4 is 11.9 Å². The number of hydrogen-bond donors (Lipinski definition) is 1. The molecule has 22 heavy (non-hydrogen) atoms. The van der Waals surface area contributed by atoms with Gasteiger partial charge in [0, 0.05) is 18.3 Å². The summed E-state index contributed by atoms with van der Waals surface area (Å²) in [6.07, 6.45) is 5.83. The van der Waals surface area contributed by atoms with Gasteiger partial charge >= 0.3 is 5.97 Å². The molecule has 1 heterocycles. The summed E-state index contributed by atoms with van der Waals surface area (Å²) in [5.41, 5.74) is 0.291. The predicted octanol–water partition coefficient (Wildman–Crippen LogP) is 1.94. The highest BCUT2D eigenvalue weighted by molar-refractivity contribution is 5.91. The molecule has 0 radical (unpaired) electrons. The molecule has 0 aliphatic heterocycles. The van der Waals surface area contributed by atoms with Gasteiger partial charge in [0.15, 0.2) is 6.61 Å². The third-order valence-corrected chi connectivity index (χ3v) is 3.97. The number of pyridine rings is 1. The van der Waals surface area contributed by atoms with Crippen molar-refractivity contribution in [3.63, 3.8) is 0 Å². The molecule has 1 fully saturated rings. The maximum Gasteiger partial charge on any atom is 0.340 e. The van der Waals surface area contributed by atoms with Crippen molar-refractivity contribution in [1.29, 1.82) is 0 Å². The standard InChI is InChI=1S/C16H22N2O4/c1-11-5-3-4-6-13(11)18-14(19)10-22-16(20)12-7-8-15(21-2)17-9-12/h7-9,11,13H,3-6,10H2,1-2H3,(H,18,19)/t11-,13+/m0/s1. The Hall–Kier alpha value is -2.11. The monoisotopic (exact) mass is 306 g/mol. The number of aromatic nitrogens is 1. The minimum absolute atomic E-state index is 0.183. The van der Waals surface area contributed by atoms with Crippen LogP contribution in [0.1, 0.15) is 43.0 Å². The molecule has 1 amide bonds. The zero-order valence-corrected chi connectivity index (χ0v) is 13.0. The van der Waals surface area contributed by atoms with Crippen LogP contribution in [-0.4, -0.2) is 36.6 Å². The van der Waals surface area contributed by atoms with Crippen LogP contribution >= 0.6 is 0 Å². The minimum Gasteiger partial charge on any atom is -0.481 e. The van der Waals surface area contributed by atoms with E-state index in [2.05, 4.69) is 17.2 Å². The number of nitrogens with one attached hydrogen (secondary N) is 1. The molecule has 0 spiro atoms. The fraction of sp³-hybridized carbons (Fsp3) is 0.562. The van der Waals surface area contributed by atoms with E-state index in [1.807, 2.05) is 0 Å². The first-order chi connectivity index (χ1) is 10.6. The summed E-state index contributed by atoms with van der Waals surface area (Å²) in [4.78, 5) is 27.6. The lowest BCUT2D eigenvalue weighted by Gasteiger charge is -2.29. The highest BCUT2D eigenvalue weighted by Crippen LogP contribution is 2.23. The second-order valence-electron chi connectivity index (χ2n) is 5.60. The first-order valence-corrected chi connectivity index (χ1v) is 7.56. The molecule has 2 rings (SSSR count). The molecule has 0 aromatic carbocycles. The maximum atomic E-state index is 11.9. The lowest BCUT2D eigenvalue weighted by atomic mass is 9.86. The van der Waals surface area contributed by atoms with Crippen LogP contribution < -0.4 is 10.1 Å². The Balaban J connectivity index is 1.78. The molecule has 1 aromatic rings. The number of carbonyl (C=O) groups is 2. The summed E-state index contributed by atoms with van der Waals surface area (Å²) < 4.78 is 9.92. The average molecular weight is 306 g/mol. The van der Waals surface area contributed by atoms with Gasteiger partial charge in [0.2, 0.25) is 5.88 Å². The molecule has 6 nitrogen and oxygen atoms in total. The second kappa shape index (κ2) is 7.77. The van der Waals surface area contributed by atoms with Crippen LogP contribution in [0.25, 0.3) is 0 Å². The van der Waals surface area contributed by atoms with Gasteiger partial charge in [-0.1, -0.05) is 19.8 Å². The van der Waals surface area contributed by atoms with E-state index < -0.39 is 5.97 Å². The molecular weight excluding hydrogens is 284 g/mol. The summed E-state index contributed by atoms with van der Waals surface area (Å²) in [7, 11) is 1.50. The topological polar surface area (TPSA) is 77.5 Å². The summed E-state index contributed by atoms with van der Waals surface area (Å²) in [6.45, 7) is 1.87. The molecule has 1 N–H and O–H groups in total. The molecule has 1 saturated carbocycles. The lowest BCUT2D eigenvalue weighted by molar-refractivity contribution is -0.125. The third kappa shape index (κ3) is 4.44. The van der Waals surface area contributed by atoms with Crippen molar-refractivity contribution in [2.24, 2.45) is 5.92 Å². The molecule has 0 saturated heterocycles. The van der Waals surface area contributed by atoms with Crippen molar-refractivity contribution in [3.05, 3.63) is 23.9 Å². The molecule has 1 aromatic heterocycles. The molecule has 0 unspecified atom stereocenters. The normalized spacial score (nSPS) is 21.0. The summed E-state index contributed by atoms with van der Waals surface area (Å²) in [6, 6.07) is 3.30. The number of nitrogens with zero attached hydrogens (tertiary/aromatic N) is 1. The third-order valence-electron chi connectivity index (χ3n) is 3.97. The largest absolute Gasteiger partial charge is 0.481 e. The SMILES string of the molecule is COc1ccc(C(=O)OCC(=O)N[C@@H]2CCCC[C@@H]2C)cn1. The lowest BCUT2D eigenvalue weighted by Crippen LogP contribution is -2.42. The van der Waals surface area contributed by atoms with Crippen molar-refractivity contribution < 1.29 is 19.1 Å². The Kier molecular flexibility index (Phi) is 5.75. The van der Waals surface area contributed by atoms with Crippen molar-refractivity contribution in [1.82, 2.24) is 10.3 Å². The van der Waals surface area contributed by atoms with Crippen LogP contribution in [0.5, 0.6) is 5.88 Å². The molecule has 0 bridgehead atoms. The van der Waals surface area contributed by atoms with Crippen LogP contribution in [0.2, 0.25) is 0 Å². The van der Waals surface area contributed by atoms with E-state index >= 15 is 0 Å². The van der Waals surface area contributed by atoms with Crippen LogP contribution in [0.15, 0.2) is 18.3 Å². The van der Waals surface area contributed by atoms with Crippen LogP contribution in [0.4, 0.5) is 0 Å². The van der Waals surface area contributed by atoms with Gasteiger partial charge in [-0.15, -0.1) is 0 Å². The maximum absolute atomic E-state index is 11.9. The Morgan fingerprint density at radius 3 is 2.73 bits per heavy atom. The van der Waals surface area contributed by atoms with Crippen LogP contribution in [0, 0.1) is 5.92 Å². The highest BCUT2D eigenvalue weighted by Gasteiger charge is 2.23. The molecule has 6 heteroatoms. The van der Waals surface area contributed by atoms with Gasteiger partial charge in [0.1, 0.15) is 0 Å². The zero-order valence-electron chi connectivity index (χ0n) is 13.0. The minimum atomic E-state index is -0.568. The number of methoxy groups -OCH3 is 1. The Morgan fingerprint density at radius 1 is 1.32 bits per heavy atom. The Morgan fingerprint density at radius 2 is 2.09 bits per heavy atom. The first-order valence-electron chi connectivity index (χ1n) is 7.56. The van der Waals surface area contributed by atoms with Gasteiger partial charge in [-0.3, -0.25) is 4.79 Å². The van der Waals surface area contributed by atoms with Crippen molar-refractivity contribution in [2.75, 3.05) is 13.7 Å². The summed E-state index contributed by atoms with van der Waals surface area (Å²) in [5.74, 6) is 0.0651.